The molecule has 6 nitrogen and oxygen atoms in total. The van der Waals surface area contributed by atoms with Gasteiger partial charge in [-0.1, -0.05) is 41.9 Å². The molecule has 0 radical (unpaired) electrons. The lowest BCUT2D eigenvalue weighted by molar-refractivity contribution is -0.125. The molecule has 1 aromatic heterocycles. The van der Waals surface area contributed by atoms with Crippen molar-refractivity contribution in [1.82, 2.24) is 15.1 Å². The topological polar surface area (TPSA) is 61.9 Å². The summed E-state index contributed by atoms with van der Waals surface area (Å²) in [7, 11) is 0. The zero-order valence-corrected chi connectivity index (χ0v) is 20.2. The maximum Gasteiger partial charge on any atom is 0.265 e. The molecular formula is C25H30ClN3O3S. The van der Waals surface area contributed by atoms with Crippen LogP contribution in [0.3, 0.4) is 0 Å². The summed E-state index contributed by atoms with van der Waals surface area (Å²) in [6, 6.07) is 12.0. The molecule has 8 heteroatoms. The molecule has 3 unspecified atom stereocenters. The van der Waals surface area contributed by atoms with Crippen LogP contribution in [0.15, 0.2) is 41.8 Å². The quantitative estimate of drug-likeness (QED) is 0.647. The first-order chi connectivity index (χ1) is 16.1. The van der Waals surface area contributed by atoms with Gasteiger partial charge >= 0.3 is 0 Å². The van der Waals surface area contributed by atoms with Gasteiger partial charge in [0.05, 0.1) is 23.6 Å². The normalized spacial score (nSPS) is 25.8. The van der Waals surface area contributed by atoms with Gasteiger partial charge in [-0.25, -0.2) is 0 Å². The molecule has 2 aromatic rings. The highest BCUT2D eigenvalue weighted by Gasteiger charge is 2.42. The summed E-state index contributed by atoms with van der Waals surface area (Å²) in [5.74, 6) is 1.14. The van der Waals surface area contributed by atoms with Crippen LogP contribution in [0.25, 0.3) is 0 Å². The number of carbonyl (C=O) groups excluding carboxylic acids is 2. The number of ether oxygens (including phenoxy) is 1. The summed E-state index contributed by atoms with van der Waals surface area (Å²) in [4.78, 5) is 30.7. The Labute approximate surface area is 203 Å². The number of halogens is 1. The molecule has 0 saturated carbocycles. The molecule has 5 rings (SSSR count). The van der Waals surface area contributed by atoms with Crippen LogP contribution >= 0.6 is 22.9 Å². The molecular weight excluding hydrogens is 458 g/mol. The van der Waals surface area contributed by atoms with Gasteiger partial charge in [-0.2, -0.15) is 0 Å². The highest BCUT2D eigenvalue weighted by molar-refractivity contribution is 7.12. The number of amides is 2. The van der Waals surface area contributed by atoms with Crippen molar-refractivity contribution in [2.24, 2.45) is 17.8 Å². The van der Waals surface area contributed by atoms with Crippen molar-refractivity contribution in [3.8, 4) is 0 Å². The van der Waals surface area contributed by atoms with E-state index in [4.69, 9.17) is 16.3 Å². The summed E-state index contributed by atoms with van der Waals surface area (Å²) in [6.07, 6.45) is 1.67. The van der Waals surface area contributed by atoms with E-state index >= 15 is 0 Å². The fourth-order valence-electron chi connectivity index (χ4n) is 5.38. The second-order valence-electron chi connectivity index (χ2n) is 9.41. The number of likely N-dealkylation sites (tertiary alicyclic amines) is 2. The lowest BCUT2D eigenvalue weighted by Gasteiger charge is -2.25. The largest absolute Gasteiger partial charge is 0.381 e. The van der Waals surface area contributed by atoms with Gasteiger partial charge in [0.25, 0.3) is 5.91 Å². The van der Waals surface area contributed by atoms with Crippen molar-refractivity contribution >= 4 is 34.8 Å². The molecule has 4 atom stereocenters. The second-order valence-corrected chi connectivity index (χ2v) is 10.7. The fraction of sp³-hybridized carbons (Fsp3) is 0.520. The SMILES string of the molecule is O=C(N[C@@H](CCN1CC2CN(C(=O)c3sccc3Cl)CC2C1)c1ccccc1)C1CCOC1. The first-order valence-corrected chi connectivity index (χ1v) is 13.0. The molecule has 0 bridgehead atoms. The van der Waals surface area contributed by atoms with E-state index in [1.807, 2.05) is 28.5 Å². The minimum absolute atomic E-state index is 0.00112. The van der Waals surface area contributed by atoms with Crippen LogP contribution in [0.2, 0.25) is 5.02 Å². The van der Waals surface area contributed by atoms with Gasteiger partial charge in [0.15, 0.2) is 0 Å². The van der Waals surface area contributed by atoms with Crippen molar-refractivity contribution < 1.29 is 14.3 Å². The Morgan fingerprint density at radius 2 is 1.88 bits per heavy atom. The van der Waals surface area contributed by atoms with Gasteiger partial charge in [-0.15, -0.1) is 11.3 Å². The average molecular weight is 488 g/mol. The van der Waals surface area contributed by atoms with E-state index < -0.39 is 0 Å². The Balaban J connectivity index is 1.15. The molecule has 4 heterocycles. The van der Waals surface area contributed by atoms with Crippen LogP contribution in [0, 0.1) is 17.8 Å². The van der Waals surface area contributed by atoms with E-state index in [9.17, 15) is 9.59 Å². The first kappa shape index (κ1) is 22.8. The molecule has 1 aromatic carbocycles. The van der Waals surface area contributed by atoms with Crippen LogP contribution in [0.1, 0.15) is 34.1 Å². The number of rotatable bonds is 7. The van der Waals surface area contributed by atoms with Crippen molar-refractivity contribution in [1.29, 1.82) is 0 Å². The van der Waals surface area contributed by atoms with Gasteiger partial charge in [0, 0.05) is 39.3 Å². The van der Waals surface area contributed by atoms with Crippen molar-refractivity contribution in [2.75, 3.05) is 45.9 Å². The van der Waals surface area contributed by atoms with Crippen molar-refractivity contribution in [3.63, 3.8) is 0 Å². The smallest absolute Gasteiger partial charge is 0.265 e. The number of nitrogens with one attached hydrogen (secondary N) is 1. The Morgan fingerprint density at radius 1 is 1.12 bits per heavy atom. The van der Waals surface area contributed by atoms with Crippen LogP contribution in [-0.4, -0.2) is 67.6 Å². The number of fused-ring (bicyclic) bond motifs is 1. The summed E-state index contributed by atoms with van der Waals surface area (Å²) in [6.45, 7) is 5.72. The number of hydrogen-bond donors (Lipinski definition) is 1. The van der Waals surface area contributed by atoms with Gasteiger partial charge in [-0.3, -0.25) is 9.59 Å². The lowest BCUT2D eigenvalue weighted by atomic mass is 10.0. The highest BCUT2D eigenvalue weighted by atomic mass is 35.5. The molecule has 3 fully saturated rings. The van der Waals surface area contributed by atoms with E-state index in [2.05, 4.69) is 22.3 Å². The predicted molar refractivity (Wildman–Crippen MR) is 130 cm³/mol. The van der Waals surface area contributed by atoms with Crippen molar-refractivity contribution in [2.45, 2.75) is 18.9 Å². The number of thiophene rings is 1. The predicted octanol–water partition coefficient (Wildman–Crippen LogP) is 3.69. The van der Waals surface area contributed by atoms with E-state index in [1.165, 1.54) is 11.3 Å². The third-order valence-electron chi connectivity index (χ3n) is 7.21. The van der Waals surface area contributed by atoms with E-state index in [0.717, 1.165) is 51.1 Å². The maximum atomic E-state index is 12.8. The van der Waals surface area contributed by atoms with E-state index in [-0.39, 0.29) is 23.8 Å². The van der Waals surface area contributed by atoms with Crippen molar-refractivity contribution in [3.05, 3.63) is 57.2 Å². The van der Waals surface area contributed by atoms with E-state index in [1.54, 1.807) is 6.07 Å². The lowest BCUT2D eigenvalue weighted by Crippen LogP contribution is -2.37. The number of carbonyl (C=O) groups is 2. The van der Waals surface area contributed by atoms with Gasteiger partial charge in [0.1, 0.15) is 4.88 Å². The van der Waals surface area contributed by atoms with Crippen LogP contribution < -0.4 is 5.32 Å². The Bertz CT molecular complexity index is 964. The Kier molecular flexibility index (Phi) is 7.02. The van der Waals surface area contributed by atoms with Gasteiger partial charge in [-0.05, 0) is 41.7 Å². The molecule has 3 saturated heterocycles. The first-order valence-electron chi connectivity index (χ1n) is 11.8. The maximum absolute atomic E-state index is 12.8. The molecule has 33 heavy (non-hydrogen) atoms. The molecule has 3 aliphatic rings. The van der Waals surface area contributed by atoms with Gasteiger partial charge in [0.2, 0.25) is 5.91 Å². The fourth-order valence-corrected chi connectivity index (χ4v) is 6.48. The Morgan fingerprint density at radius 3 is 2.52 bits per heavy atom. The highest BCUT2D eigenvalue weighted by Crippen LogP contribution is 2.34. The number of hydrogen-bond acceptors (Lipinski definition) is 5. The monoisotopic (exact) mass is 487 g/mol. The molecule has 0 spiro atoms. The average Bonchev–Trinajstić information content (AvgIpc) is 3.61. The zero-order valence-electron chi connectivity index (χ0n) is 18.6. The third-order valence-corrected chi connectivity index (χ3v) is 8.54. The Hall–Kier alpha value is -1.93. The molecule has 2 amide bonds. The van der Waals surface area contributed by atoms with E-state index in [0.29, 0.717) is 34.9 Å². The van der Waals surface area contributed by atoms with Crippen LogP contribution in [-0.2, 0) is 9.53 Å². The molecule has 176 valence electrons. The second kappa shape index (κ2) is 10.1. The molecule has 0 aliphatic carbocycles. The number of benzene rings is 1. The summed E-state index contributed by atoms with van der Waals surface area (Å²) in [5, 5.41) is 5.71. The van der Waals surface area contributed by atoms with Crippen LogP contribution in [0.4, 0.5) is 0 Å². The standard InChI is InChI=1S/C25H30ClN3O3S/c26-21-8-11-33-23(21)25(31)29-14-19-12-28(13-20(19)15-29)9-6-22(17-4-2-1-3-5-17)27-24(30)18-7-10-32-16-18/h1-5,8,11,18-20,22H,6-7,9-10,12-16H2,(H,27,30)/t18?,19?,20?,22-/m0/s1. The molecule has 1 N–H and O–H groups in total. The molecule has 3 aliphatic heterocycles. The number of nitrogens with zero attached hydrogens (tertiary/aromatic N) is 2. The minimum Gasteiger partial charge on any atom is -0.381 e. The summed E-state index contributed by atoms with van der Waals surface area (Å²) < 4.78 is 5.40. The van der Waals surface area contributed by atoms with Crippen LogP contribution in [0.5, 0.6) is 0 Å². The van der Waals surface area contributed by atoms with Gasteiger partial charge < -0.3 is 19.9 Å². The minimum atomic E-state index is -0.0391. The third kappa shape index (κ3) is 5.11. The zero-order chi connectivity index (χ0) is 22.8. The summed E-state index contributed by atoms with van der Waals surface area (Å²) in [5.41, 5.74) is 1.15. The summed E-state index contributed by atoms with van der Waals surface area (Å²) >= 11 is 7.59.